The number of carbonyl (C=O) groups is 3. The Morgan fingerprint density at radius 1 is 1.13 bits per heavy atom. The molecule has 0 aromatic heterocycles. The molecule has 1 aliphatic rings. The number of aliphatic hydroxyl groups is 1. The van der Waals surface area contributed by atoms with E-state index in [0.717, 1.165) is 0 Å². The van der Waals surface area contributed by atoms with E-state index >= 15 is 0 Å². The lowest BCUT2D eigenvalue weighted by Crippen LogP contribution is -2.41. The number of amidine groups is 1. The molecule has 1 aromatic carbocycles. The molecule has 164 valence electrons. The first-order chi connectivity index (χ1) is 14.2. The Morgan fingerprint density at radius 2 is 1.70 bits per heavy atom. The van der Waals surface area contributed by atoms with Gasteiger partial charge in [-0.25, -0.2) is 4.79 Å². The summed E-state index contributed by atoms with van der Waals surface area (Å²) in [6.07, 6.45) is 0.222. The molecule has 1 aliphatic heterocycles. The smallest absolute Gasteiger partial charge is 0.412 e. The van der Waals surface area contributed by atoms with Crippen LogP contribution in [0.25, 0.3) is 0 Å². The van der Waals surface area contributed by atoms with Gasteiger partial charge in [0.15, 0.2) is 5.78 Å². The van der Waals surface area contributed by atoms with Gasteiger partial charge in [-0.3, -0.25) is 20.3 Å². The number of piperidine rings is 1. The van der Waals surface area contributed by atoms with Crippen LogP contribution in [0.3, 0.4) is 0 Å². The van der Waals surface area contributed by atoms with E-state index in [0.29, 0.717) is 37.1 Å². The number of rotatable bonds is 7. The number of alkyl carbamates (subject to hydrolysis) is 1. The fraction of sp³-hybridized carbons (Fsp3) is 0.545. The van der Waals surface area contributed by atoms with Crippen molar-refractivity contribution in [2.24, 2.45) is 11.8 Å². The van der Waals surface area contributed by atoms with Crippen LogP contribution in [0.4, 0.5) is 4.79 Å². The molecule has 0 spiro atoms. The number of hydrogen-bond donors (Lipinski definition) is 3. The maximum atomic E-state index is 12.7. The monoisotopic (exact) mass is 417 g/mol. The number of hydrogen-bond acceptors (Lipinski definition) is 6. The van der Waals surface area contributed by atoms with Crippen molar-refractivity contribution in [1.29, 1.82) is 5.41 Å². The minimum absolute atomic E-state index is 0.0785. The summed E-state index contributed by atoms with van der Waals surface area (Å²) in [6, 6.07) is 6.34. The second-order valence-corrected chi connectivity index (χ2v) is 8.15. The Morgan fingerprint density at radius 3 is 2.27 bits per heavy atom. The summed E-state index contributed by atoms with van der Waals surface area (Å²) in [4.78, 5) is 38.4. The highest BCUT2D eigenvalue weighted by atomic mass is 16.5. The third kappa shape index (κ3) is 6.95. The second kappa shape index (κ2) is 10.9. The molecule has 1 atom stereocenters. The summed E-state index contributed by atoms with van der Waals surface area (Å²) < 4.78 is 4.99. The zero-order chi connectivity index (χ0) is 22.3. The van der Waals surface area contributed by atoms with Crippen LogP contribution in [0.2, 0.25) is 0 Å². The molecule has 1 saturated heterocycles. The standard InChI is InChI=1S/C22H31N3O5/c1-14(2)13-30-22(29)24-21(23)17-6-4-16(5-7-17)20(28)15(3)12-19(27)25-10-8-18(26)9-11-25/h4-7,14-15,18,26H,8-13H2,1-3H3,(H2,23,24,29). The first kappa shape index (κ1) is 23.5. The number of nitrogens with one attached hydrogen (secondary N) is 2. The number of ketones is 1. The molecular formula is C22H31N3O5. The average molecular weight is 418 g/mol. The van der Waals surface area contributed by atoms with Gasteiger partial charge in [0.25, 0.3) is 0 Å². The molecule has 30 heavy (non-hydrogen) atoms. The van der Waals surface area contributed by atoms with Crippen molar-refractivity contribution in [3.05, 3.63) is 35.4 Å². The Hall–Kier alpha value is -2.74. The van der Waals surface area contributed by atoms with Crippen molar-refractivity contribution in [1.82, 2.24) is 10.2 Å². The van der Waals surface area contributed by atoms with E-state index in [1.807, 2.05) is 13.8 Å². The summed E-state index contributed by atoms with van der Waals surface area (Å²) in [5.74, 6) is -0.615. The van der Waals surface area contributed by atoms with Crippen molar-refractivity contribution in [3.8, 4) is 0 Å². The molecule has 1 aromatic rings. The van der Waals surface area contributed by atoms with Crippen LogP contribution in [0.1, 0.15) is 56.0 Å². The molecule has 0 radical (unpaired) electrons. The van der Waals surface area contributed by atoms with Gasteiger partial charge in [0.1, 0.15) is 5.84 Å². The van der Waals surface area contributed by atoms with E-state index in [1.54, 1.807) is 36.1 Å². The van der Waals surface area contributed by atoms with Gasteiger partial charge in [0.05, 0.1) is 12.7 Å². The van der Waals surface area contributed by atoms with E-state index in [4.69, 9.17) is 10.1 Å². The number of ether oxygens (including phenoxy) is 1. The molecule has 0 bridgehead atoms. The van der Waals surface area contributed by atoms with Crippen LogP contribution in [-0.2, 0) is 9.53 Å². The van der Waals surface area contributed by atoms with Crippen LogP contribution < -0.4 is 5.32 Å². The predicted octanol–water partition coefficient (Wildman–Crippen LogP) is 2.59. The van der Waals surface area contributed by atoms with E-state index in [1.165, 1.54) is 0 Å². The van der Waals surface area contributed by atoms with Gasteiger partial charge < -0.3 is 14.7 Å². The van der Waals surface area contributed by atoms with Crippen molar-refractivity contribution in [2.75, 3.05) is 19.7 Å². The Balaban J connectivity index is 1.88. The van der Waals surface area contributed by atoms with E-state index < -0.39 is 12.0 Å². The van der Waals surface area contributed by atoms with Crippen molar-refractivity contribution < 1.29 is 24.2 Å². The number of nitrogens with zero attached hydrogens (tertiary/aromatic N) is 1. The lowest BCUT2D eigenvalue weighted by atomic mass is 9.94. The molecule has 8 heteroatoms. The number of likely N-dealkylation sites (tertiary alicyclic amines) is 1. The first-order valence-corrected chi connectivity index (χ1v) is 10.3. The summed E-state index contributed by atoms with van der Waals surface area (Å²) in [5, 5.41) is 19.9. The molecule has 2 amide bonds. The van der Waals surface area contributed by atoms with Crippen LogP contribution in [-0.4, -0.2) is 59.4 Å². The molecule has 8 nitrogen and oxygen atoms in total. The van der Waals surface area contributed by atoms with Crippen molar-refractivity contribution in [3.63, 3.8) is 0 Å². The zero-order valence-corrected chi connectivity index (χ0v) is 17.8. The van der Waals surface area contributed by atoms with Crippen LogP contribution in [0.5, 0.6) is 0 Å². The normalized spacial score (nSPS) is 15.6. The van der Waals surface area contributed by atoms with Gasteiger partial charge in [0.2, 0.25) is 5.91 Å². The van der Waals surface area contributed by atoms with Crippen molar-refractivity contribution >= 4 is 23.6 Å². The molecule has 1 heterocycles. The zero-order valence-electron chi connectivity index (χ0n) is 17.8. The summed E-state index contributed by atoms with van der Waals surface area (Å²) in [6.45, 7) is 6.86. The lowest BCUT2D eigenvalue weighted by molar-refractivity contribution is -0.133. The molecule has 0 saturated carbocycles. The SMILES string of the molecule is CC(C)COC(=O)NC(=N)c1ccc(C(=O)C(C)CC(=O)N2CCC(O)CC2)cc1. The fourth-order valence-corrected chi connectivity index (χ4v) is 3.14. The third-order valence-corrected chi connectivity index (χ3v) is 4.98. The number of amides is 2. The van der Waals surface area contributed by atoms with Gasteiger partial charge in [-0.05, 0) is 18.8 Å². The lowest BCUT2D eigenvalue weighted by Gasteiger charge is -2.30. The molecule has 2 rings (SSSR count). The summed E-state index contributed by atoms with van der Waals surface area (Å²) >= 11 is 0. The minimum atomic E-state index is -0.689. The van der Waals surface area contributed by atoms with Crippen LogP contribution >= 0.6 is 0 Å². The van der Waals surface area contributed by atoms with Crippen molar-refractivity contribution in [2.45, 2.75) is 46.1 Å². The number of Topliss-reactive ketones (excluding diaryl/α,β-unsaturated/α-hetero) is 1. The predicted molar refractivity (Wildman–Crippen MR) is 113 cm³/mol. The number of carbonyl (C=O) groups excluding carboxylic acids is 3. The summed E-state index contributed by atoms with van der Waals surface area (Å²) in [5.41, 5.74) is 0.895. The van der Waals surface area contributed by atoms with Gasteiger partial charge in [-0.1, -0.05) is 45.0 Å². The topological polar surface area (TPSA) is 120 Å². The van der Waals surface area contributed by atoms with Crippen LogP contribution in [0, 0.1) is 17.2 Å². The van der Waals surface area contributed by atoms with Gasteiger partial charge in [-0.2, -0.15) is 0 Å². The Kier molecular flexibility index (Phi) is 8.53. The van der Waals surface area contributed by atoms with Gasteiger partial charge in [0, 0.05) is 36.6 Å². The average Bonchev–Trinajstić information content (AvgIpc) is 2.72. The number of benzene rings is 1. The van der Waals surface area contributed by atoms with E-state index in [9.17, 15) is 19.5 Å². The highest BCUT2D eigenvalue weighted by Crippen LogP contribution is 2.17. The quantitative estimate of drug-likeness (QED) is 0.358. The Labute approximate surface area is 177 Å². The van der Waals surface area contributed by atoms with Gasteiger partial charge >= 0.3 is 6.09 Å². The maximum absolute atomic E-state index is 12.7. The maximum Gasteiger partial charge on any atom is 0.412 e. The first-order valence-electron chi connectivity index (χ1n) is 10.3. The van der Waals surface area contributed by atoms with Crippen LogP contribution in [0.15, 0.2) is 24.3 Å². The fourth-order valence-electron chi connectivity index (χ4n) is 3.14. The molecular weight excluding hydrogens is 386 g/mol. The van der Waals surface area contributed by atoms with Gasteiger partial charge in [-0.15, -0.1) is 0 Å². The third-order valence-electron chi connectivity index (χ3n) is 4.98. The molecule has 3 N–H and O–H groups in total. The minimum Gasteiger partial charge on any atom is -0.449 e. The Bertz CT molecular complexity index is 767. The number of aliphatic hydroxyl groups excluding tert-OH is 1. The van der Waals surface area contributed by atoms with E-state index in [2.05, 4.69) is 5.32 Å². The molecule has 1 unspecified atom stereocenters. The highest BCUT2D eigenvalue weighted by Gasteiger charge is 2.25. The second-order valence-electron chi connectivity index (χ2n) is 8.15. The molecule has 0 aliphatic carbocycles. The highest BCUT2D eigenvalue weighted by molar-refractivity contribution is 6.05. The molecule has 1 fully saturated rings. The van der Waals surface area contributed by atoms with E-state index in [-0.39, 0.29) is 42.6 Å². The summed E-state index contributed by atoms with van der Waals surface area (Å²) in [7, 11) is 0. The largest absolute Gasteiger partial charge is 0.449 e.